The Morgan fingerprint density at radius 2 is 1.82 bits per heavy atom. The molecular formula is C13H18F3N. The van der Waals surface area contributed by atoms with Crippen LogP contribution in [0, 0.1) is 13.8 Å². The van der Waals surface area contributed by atoms with Gasteiger partial charge < -0.3 is 5.32 Å². The molecule has 1 aromatic carbocycles. The van der Waals surface area contributed by atoms with Gasteiger partial charge >= 0.3 is 6.18 Å². The van der Waals surface area contributed by atoms with Crippen LogP contribution < -0.4 is 5.32 Å². The Morgan fingerprint density at radius 3 is 2.29 bits per heavy atom. The molecule has 1 unspecified atom stereocenters. The van der Waals surface area contributed by atoms with Crippen LogP contribution in [0.3, 0.4) is 0 Å². The molecule has 0 bridgehead atoms. The fourth-order valence-corrected chi connectivity index (χ4v) is 1.79. The highest BCUT2D eigenvalue weighted by atomic mass is 19.4. The molecule has 4 heteroatoms. The summed E-state index contributed by atoms with van der Waals surface area (Å²) in [6.45, 7) is 4.09. The summed E-state index contributed by atoms with van der Waals surface area (Å²) in [4.78, 5) is 0. The number of halogens is 3. The molecule has 1 nitrogen and oxygen atoms in total. The first-order valence-corrected chi connectivity index (χ1v) is 5.64. The topological polar surface area (TPSA) is 12.0 Å². The second-order valence-electron chi connectivity index (χ2n) is 4.33. The Kier molecular flexibility index (Phi) is 4.57. The first-order chi connectivity index (χ1) is 7.86. The van der Waals surface area contributed by atoms with Crippen LogP contribution in [0.4, 0.5) is 13.2 Å². The maximum Gasteiger partial charge on any atom is 0.395 e. The largest absolute Gasteiger partial charge is 0.395 e. The molecule has 0 spiro atoms. The highest BCUT2D eigenvalue weighted by Crippen LogP contribution is 2.37. The van der Waals surface area contributed by atoms with Gasteiger partial charge in [-0.3, -0.25) is 0 Å². The average Bonchev–Trinajstić information content (AvgIpc) is 2.22. The molecule has 0 heterocycles. The van der Waals surface area contributed by atoms with Crippen LogP contribution in [-0.4, -0.2) is 19.8 Å². The minimum atomic E-state index is -4.18. The lowest BCUT2D eigenvalue weighted by Gasteiger charge is -2.21. The lowest BCUT2D eigenvalue weighted by atomic mass is 9.92. The summed E-state index contributed by atoms with van der Waals surface area (Å²) in [6, 6.07) is 4.97. The van der Waals surface area contributed by atoms with Crippen LogP contribution in [0.5, 0.6) is 0 Å². The lowest BCUT2D eigenvalue weighted by Crippen LogP contribution is -2.24. The van der Waals surface area contributed by atoms with Crippen molar-refractivity contribution < 1.29 is 13.2 Å². The molecule has 1 aromatic rings. The monoisotopic (exact) mass is 245 g/mol. The van der Waals surface area contributed by atoms with E-state index in [4.69, 9.17) is 0 Å². The number of nitrogens with one attached hydrogen (secondary N) is 1. The maximum absolute atomic E-state index is 12.9. The van der Waals surface area contributed by atoms with Gasteiger partial charge in [0.25, 0.3) is 0 Å². The third-order valence-electron chi connectivity index (χ3n) is 3.01. The van der Waals surface area contributed by atoms with E-state index < -0.39 is 12.1 Å². The Bertz CT molecular complexity index is 371. The van der Waals surface area contributed by atoms with Crippen LogP contribution in [0.15, 0.2) is 18.2 Å². The van der Waals surface area contributed by atoms with Crippen molar-refractivity contribution in [2.24, 2.45) is 0 Å². The lowest BCUT2D eigenvalue weighted by molar-refractivity contribution is -0.151. The smallest absolute Gasteiger partial charge is 0.320 e. The molecule has 0 aliphatic carbocycles. The third kappa shape index (κ3) is 3.73. The van der Waals surface area contributed by atoms with Crippen molar-refractivity contribution in [3.63, 3.8) is 0 Å². The molecule has 1 atom stereocenters. The summed E-state index contributed by atoms with van der Waals surface area (Å²) >= 11 is 0. The van der Waals surface area contributed by atoms with Gasteiger partial charge in [-0.15, -0.1) is 0 Å². The second kappa shape index (κ2) is 5.54. The van der Waals surface area contributed by atoms with Crippen molar-refractivity contribution in [3.05, 3.63) is 34.9 Å². The number of hydrogen-bond donors (Lipinski definition) is 1. The first kappa shape index (κ1) is 14.0. The van der Waals surface area contributed by atoms with Gasteiger partial charge in [0.05, 0.1) is 5.92 Å². The molecule has 17 heavy (non-hydrogen) atoms. The molecule has 0 saturated carbocycles. The quantitative estimate of drug-likeness (QED) is 0.855. The van der Waals surface area contributed by atoms with Gasteiger partial charge in [0, 0.05) is 0 Å². The van der Waals surface area contributed by atoms with Crippen molar-refractivity contribution in [2.45, 2.75) is 32.4 Å². The standard InChI is InChI=1S/C13H18F3N/c1-9-4-5-11(8-10(9)2)12(6-7-17-3)13(14,15)16/h4-5,8,12,17H,6-7H2,1-3H3. The SMILES string of the molecule is CNCCC(c1ccc(C)c(C)c1)C(F)(F)F. The molecule has 0 aliphatic rings. The van der Waals surface area contributed by atoms with Gasteiger partial charge in [-0.25, -0.2) is 0 Å². The van der Waals surface area contributed by atoms with Crippen LogP contribution in [-0.2, 0) is 0 Å². The van der Waals surface area contributed by atoms with E-state index in [-0.39, 0.29) is 6.42 Å². The molecule has 0 fully saturated rings. The van der Waals surface area contributed by atoms with E-state index in [0.29, 0.717) is 12.1 Å². The molecule has 0 radical (unpaired) electrons. The predicted molar refractivity (Wildman–Crippen MR) is 63.3 cm³/mol. The van der Waals surface area contributed by atoms with Crippen LogP contribution in [0.1, 0.15) is 29.0 Å². The van der Waals surface area contributed by atoms with Gasteiger partial charge in [0.15, 0.2) is 0 Å². The highest BCUT2D eigenvalue weighted by Gasteiger charge is 2.40. The van der Waals surface area contributed by atoms with E-state index in [9.17, 15) is 13.2 Å². The van der Waals surface area contributed by atoms with Gasteiger partial charge in [-0.2, -0.15) is 13.2 Å². The second-order valence-corrected chi connectivity index (χ2v) is 4.33. The van der Waals surface area contributed by atoms with E-state index >= 15 is 0 Å². The molecular weight excluding hydrogens is 227 g/mol. The normalized spacial score (nSPS) is 13.8. The Morgan fingerprint density at radius 1 is 1.18 bits per heavy atom. The summed E-state index contributed by atoms with van der Waals surface area (Å²) in [7, 11) is 1.66. The van der Waals surface area contributed by atoms with E-state index in [2.05, 4.69) is 5.32 Å². The maximum atomic E-state index is 12.9. The Labute approximate surface area is 100 Å². The zero-order valence-electron chi connectivity index (χ0n) is 10.4. The van der Waals surface area contributed by atoms with E-state index in [1.807, 2.05) is 13.8 Å². The molecule has 1 N–H and O–H groups in total. The number of benzene rings is 1. The number of aryl methyl sites for hydroxylation is 2. The van der Waals surface area contributed by atoms with E-state index in [0.717, 1.165) is 11.1 Å². The molecule has 1 rings (SSSR count). The minimum Gasteiger partial charge on any atom is -0.320 e. The fourth-order valence-electron chi connectivity index (χ4n) is 1.79. The van der Waals surface area contributed by atoms with Crippen LogP contribution in [0.2, 0.25) is 0 Å². The minimum absolute atomic E-state index is 0.0719. The molecule has 0 amide bonds. The van der Waals surface area contributed by atoms with Gasteiger partial charge in [0.1, 0.15) is 0 Å². The van der Waals surface area contributed by atoms with Crippen molar-refractivity contribution in [3.8, 4) is 0 Å². The Balaban J connectivity index is 3.00. The molecule has 0 aromatic heterocycles. The van der Waals surface area contributed by atoms with Gasteiger partial charge in [-0.05, 0) is 50.6 Å². The zero-order chi connectivity index (χ0) is 13.1. The average molecular weight is 245 g/mol. The fraction of sp³-hybridized carbons (Fsp3) is 0.538. The van der Waals surface area contributed by atoms with E-state index in [1.54, 1.807) is 25.2 Å². The van der Waals surface area contributed by atoms with Gasteiger partial charge in [0.2, 0.25) is 0 Å². The summed E-state index contributed by atoms with van der Waals surface area (Å²) in [5.41, 5.74) is 2.28. The summed E-state index contributed by atoms with van der Waals surface area (Å²) in [5.74, 6) is -1.38. The van der Waals surface area contributed by atoms with Crippen LogP contribution in [0.25, 0.3) is 0 Å². The Hall–Kier alpha value is -1.03. The molecule has 0 aliphatic heterocycles. The summed E-state index contributed by atoms with van der Waals surface area (Å²) in [5, 5.41) is 2.77. The highest BCUT2D eigenvalue weighted by molar-refractivity contribution is 5.32. The number of alkyl halides is 3. The molecule has 0 saturated heterocycles. The van der Waals surface area contributed by atoms with Crippen molar-refractivity contribution in [1.29, 1.82) is 0 Å². The van der Waals surface area contributed by atoms with Crippen molar-refractivity contribution in [2.75, 3.05) is 13.6 Å². The number of hydrogen-bond acceptors (Lipinski definition) is 1. The zero-order valence-corrected chi connectivity index (χ0v) is 10.4. The summed E-state index contributed by atoms with van der Waals surface area (Å²) in [6.07, 6.45) is -4.11. The molecule has 96 valence electrons. The van der Waals surface area contributed by atoms with Gasteiger partial charge in [-0.1, -0.05) is 18.2 Å². The predicted octanol–water partition coefficient (Wildman–Crippen LogP) is 3.56. The number of rotatable bonds is 4. The van der Waals surface area contributed by atoms with Crippen molar-refractivity contribution in [1.82, 2.24) is 5.32 Å². The third-order valence-corrected chi connectivity index (χ3v) is 3.01. The first-order valence-electron chi connectivity index (χ1n) is 5.64. The van der Waals surface area contributed by atoms with Crippen molar-refractivity contribution >= 4 is 0 Å². The summed E-state index contributed by atoms with van der Waals surface area (Å²) < 4.78 is 38.8. The van der Waals surface area contributed by atoms with Crippen LogP contribution >= 0.6 is 0 Å². The van der Waals surface area contributed by atoms with E-state index in [1.165, 1.54) is 0 Å².